The lowest BCUT2D eigenvalue weighted by Crippen LogP contribution is -2.36. The van der Waals surface area contributed by atoms with E-state index in [0.717, 1.165) is 5.56 Å². The van der Waals surface area contributed by atoms with E-state index >= 15 is 0 Å². The molecule has 0 radical (unpaired) electrons. The molecule has 1 amide bonds. The molecule has 0 aliphatic heterocycles. The number of hydrogen-bond acceptors (Lipinski definition) is 3. The average molecular weight is 319 g/mol. The number of halogens is 1. The molecule has 114 valence electrons. The second-order valence-electron chi connectivity index (χ2n) is 5.14. The highest BCUT2D eigenvalue weighted by molar-refractivity contribution is 7.83. The Morgan fingerprint density at radius 2 is 2.05 bits per heavy atom. The zero-order valence-corrected chi connectivity index (χ0v) is 13.7. The average Bonchev–Trinajstić information content (AvgIpc) is 2.27. The number of amides is 1. The maximum absolute atomic E-state index is 11.9. The van der Waals surface area contributed by atoms with Crippen LogP contribution in [0.15, 0.2) is 24.3 Å². The first-order chi connectivity index (χ1) is 8.88. The molecule has 4 nitrogen and oxygen atoms in total. The van der Waals surface area contributed by atoms with Gasteiger partial charge in [-0.3, -0.25) is 9.00 Å². The second-order valence-corrected chi connectivity index (χ2v) is 6.58. The Kier molecular flexibility index (Phi) is 8.69. The van der Waals surface area contributed by atoms with E-state index in [9.17, 15) is 9.00 Å². The Bertz CT molecular complexity index is 466. The predicted octanol–water partition coefficient (Wildman–Crippen LogP) is 2.30. The first kappa shape index (κ1) is 19.1. The van der Waals surface area contributed by atoms with Crippen LogP contribution in [-0.2, 0) is 21.3 Å². The molecule has 0 bridgehead atoms. The molecule has 6 heteroatoms. The van der Waals surface area contributed by atoms with Crippen molar-refractivity contribution >= 4 is 34.8 Å². The van der Waals surface area contributed by atoms with Crippen molar-refractivity contribution in [3.63, 3.8) is 0 Å². The summed E-state index contributed by atoms with van der Waals surface area (Å²) >= 11 is 0. The number of carbonyl (C=O) groups is 1. The zero-order valence-electron chi connectivity index (χ0n) is 12.1. The molecule has 0 aromatic heterocycles. The van der Waals surface area contributed by atoms with Crippen molar-refractivity contribution in [2.45, 2.75) is 32.1 Å². The minimum atomic E-state index is -0.891. The molecule has 0 spiro atoms. The highest BCUT2D eigenvalue weighted by Gasteiger charge is 2.15. The first-order valence-corrected chi connectivity index (χ1v) is 8.06. The third-order valence-corrected chi connectivity index (χ3v) is 3.37. The summed E-state index contributed by atoms with van der Waals surface area (Å²) in [6.45, 7) is 4.06. The van der Waals surface area contributed by atoms with Crippen molar-refractivity contribution in [2.75, 3.05) is 11.6 Å². The minimum absolute atomic E-state index is 0. The van der Waals surface area contributed by atoms with Gasteiger partial charge in [0.1, 0.15) is 0 Å². The van der Waals surface area contributed by atoms with Crippen LogP contribution in [0.2, 0.25) is 0 Å². The van der Waals surface area contributed by atoms with Gasteiger partial charge in [-0.05, 0) is 30.0 Å². The Hall–Kier alpha value is -0.910. The zero-order chi connectivity index (χ0) is 14.4. The van der Waals surface area contributed by atoms with E-state index in [0.29, 0.717) is 23.8 Å². The molecule has 0 saturated heterocycles. The van der Waals surface area contributed by atoms with Crippen molar-refractivity contribution in [1.29, 1.82) is 0 Å². The van der Waals surface area contributed by atoms with E-state index in [-0.39, 0.29) is 18.3 Å². The molecule has 0 aliphatic carbocycles. The summed E-state index contributed by atoms with van der Waals surface area (Å²) in [7, 11) is -0.891. The number of hydrogen-bond donors (Lipinski definition) is 2. The Labute approximate surface area is 129 Å². The molecule has 20 heavy (non-hydrogen) atoms. The molecular formula is C14H23ClN2O2S. The van der Waals surface area contributed by atoms with Crippen molar-refractivity contribution < 1.29 is 9.00 Å². The van der Waals surface area contributed by atoms with Gasteiger partial charge in [-0.25, -0.2) is 0 Å². The molecule has 3 N–H and O–H groups in total. The largest absolute Gasteiger partial charge is 0.325 e. The Morgan fingerprint density at radius 3 is 2.60 bits per heavy atom. The maximum atomic E-state index is 11.9. The smallest absolute Gasteiger partial charge is 0.241 e. The molecule has 2 atom stereocenters. The maximum Gasteiger partial charge on any atom is 0.241 e. The molecular weight excluding hydrogens is 296 g/mol. The number of carbonyl (C=O) groups excluding carboxylic acids is 1. The van der Waals surface area contributed by atoms with E-state index in [1.54, 1.807) is 6.26 Å². The van der Waals surface area contributed by atoms with E-state index in [1.165, 1.54) is 0 Å². The lowest BCUT2D eigenvalue weighted by atomic mass is 10.0. The van der Waals surface area contributed by atoms with E-state index in [4.69, 9.17) is 5.73 Å². The van der Waals surface area contributed by atoms with Gasteiger partial charge in [0.2, 0.25) is 5.91 Å². The monoisotopic (exact) mass is 318 g/mol. The van der Waals surface area contributed by atoms with Crippen molar-refractivity contribution in [1.82, 2.24) is 0 Å². The summed E-state index contributed by atoms with van der Waals surface area (Å²) in [5.41, 5.74) is 7.47. The summed E-state index contributed by atoms with van der Waals surface area (Å²) in [6, 6.07) is 6.88. The summed E-state index contributed by atoms with van der Waals surface area (Å²) in [6.07, 6.45) is 2.31. The quantitative estimate of drug-likeness (QED) is 0.845. The van der Waals surface area contributed by atoms with E-state index in [1.807, 2.05) is 38.1 Å². The van der Waals surface area contributed by atoms with Crippen molar-refractivity contribution in [2.24, 2.45) is 11.7 Å². The van der Waals surface area contributed by atoms with Gasteiger partial charge in [0.05, 0.1) is 6.04 Å². The summed E-state index contributed by atoms with van der Waals surface area (Å²) in [5.74, 6) is 0.694. The van der Waals surface area contributed by atoms with Gasteiger partial charge in [0.25, 0.3) is 0 Å². The van der Waals surface area contributed by atoms with Gasteiger partial charge in [-0.1, -0.05) is 26.0 Å². The van der Waals surface area contributed by atoms with Gasteiger partial charge in [-0.2, -0.15) is 0 Å². The van der Waals surface area contributed by atoms with Crippen LogP contribution in [0.25, 0.3) is 0 Å². The Morgan fingerprint density at radius 1 is 1.40 bits per heavy atom. The summed E-state index contributed by atoms with van der Waals surface area (Å²) in [5, 5.41) is 2.80. The topological polar surface area (TPSA) is 72.2 Å². The van der Waals surface area contributed by atoms with Gasteiger partial charge < -0.3 is 11.1 Å². The van der Waals surface area contributed by atoms with Crippen LogP contribution < -0.4 is 11.1 Å². The van der Waals surface area contributed by atoms with Gasteiger partial charge in [0, 0.05) is 28.5 Å². The SMILES string of the molecule is CC(C)C[C@H](N)C(=O)Nc1cccc(CS(C)=O)c1.Cl. The molecule has 1 aromatic rings. The van der Waals surface area contributed by atoms with E-state index in [2.05, 4.69) is 5.32 Å². The van der Waals surface area contributed by atoms with Crippen molar-refractivity contribution in [3.8, 4) is 0 Å². The fourth-order valence-corrected chi connectivity index (χ4v) is 2.47. The number of benzene rings is 1. The number of nitrogens with one attached hydrogen (secondary N) is 1. The van der Waals surface area contributed by atoms with Crippen LogP contribution in [0.5, 0.6) is 0 Å². The molecule has 0 fully saturated rings. The van der Waals surface area contributed by atoms with Crippen LogP contribution in [0.4, 0.5) is 5.69 Å². The standard InChI is InChI=1S/C14H22N2O2S.ClH/c1-10(2)7-13(15)14(17)16-12-6-4-5-11(8-12)9-19(3)18;/h4-6,8,10,13H,7,9,15H2,1-3H3,(H,16,17);1H/t13-,19?;/m0./s1. The van der Waals surface area contributed by atoms with Crippen LogP contribution in [0.3, 0.4) is 0 Å². The first-order valence-electron chi connectivity index (χ1n) is 6.34. The number of rotatable bonds is 6. The highest BCUT2D eigenvalue weighted by atomic mass is 35.5. The second kappa shape index (κ2) is 9.10. The minimum Gasteiger partial charge on any atom is -0.325 e. The van der Waals surface area contributed by atoms with Gasteiger partial charge in [-0.15, -0.1) is 12.4 Å². The number of nitrogens with two attached hydrogens (primary N) is 1. The normalized spacial score (nSPS) is 13.4. The number of anilines is 1. The molecule has 1 aromatic carbocycles. The fraction of sp³-hybridized carbons (Fsp3) is 0.500. The predicted molar refractivity (Wildman–Crippen MR) is 87.5 cm³/mol. The molecule has 0 heterocycles. The van der Waals surface area contributed by atoms with Crippen LogP contribution in [-0.4, -0.2) is 22.4 Å². The van der Waals surface area contributed by atoms with E-state index < -0.39 is 16.8 Å². The molecule has 1 unspecified atom stereocenters. The third-order valence-electron chi connectivity index (χ3n) is 2.63. The Balaban J connectivity index is 0.00000361. The van der Waals surface area contributed by atoms with Gasteiger partial charge in [0.15, 0.2) is 0 Å². The summed E-state index contributed by atoms with van der Waals surface area (Å²) in [4.78, 5) is 11.9. The van der Waals surface area contributed by atoms with Gasteiger partial charge >= 0.3 is 0 Å². The molecule has 0 aliphatic rings. The van der Waals surface area contributed by atoms with Crippen molar-refractivity contribution in [3.05, 3.63) is 29.8 Å². The highest BCUT2D eigenvalue weighted by Crippen LogP contribution is 2.13. The summed E-state index contributed by atoms with van der Waals surface area (Å²) < 4.78 is 11.2. The molecule has 0 saturated carbocycles. The van der Waals surface area contributed by atoms with Crippen LogP contribution in [0.1, 0.15) is 25.8 Å². The van der Waals surface area contributed by atoms with Crippen LogP contribution in [0, 0.1) is 5.92 Å². The lowest BCUT2D eigenvalue weighted by molar-refractivity contribution is -0.117. The lowest BCUT2D eigenvalue weighted by Gasteiger charge is -2.14. The fourth-order valence-electron chi connectivity index (χ4n) is 1.82. The molecule has 1 rings (SSSR count). The third kappa shape index (κ3) is 7.03. The van der Waals surface area contributed by atoms with Crippen LogP contribution >= 0.6 is 12.4 Å².